The summed E-state index contributed by atoms with van der Waals surface area (Å²) in [6.07, 6.45) is 2.33. The topological polar surface area (TPSA) is 57.6 Å². The molecule has 0 spiro atoms. The van der Waals surface area contributed by atoms with Crippen molar-refractivity contribution in [3.05, 3.63) is 0 Å². The van der Waals surface area contributed by atoms with Crippen molar-refractivity contribution >= 4 is 11.9 Å². The SMILES string of the molecule is CCCCN1C(=O)CC(C)C(C(=O)O)C1C. The van der Waals surface area contributed by atoms with Crippen molar-refractivity contribution in [2.75, 3.05) is 6.54 Å². The van der Waals surface area contributed by atoms with Crippen LogP contribution in [0.2, 0.25) is 0 Å². The minimum Gasteiger partial charge on any atom is -0.481 e. The van der Waals surface area contributed by atoms with E-state index >= 15 is 0 Å². The molecule has 1 saturated heterocycles. The zero-order valence-corrected chi connectivity index (χ0v) is 10.3. The van der Waals surface area contributed by atoms with Gasteiger partial charge in [0, 0.05) is 19.0 Å². The second-order valence-electron chi connectivity index (χ2n) is 4.73. The Balaban J connectivity index is 2.77. The second kappa shape index (κ2) is 5.32. The van der Waals surface area contributed by atoms with E-state index in [2.05, 4.69) is 6.92 Å². The molecular weight excluding hydrogens is 206 g/mol. The van der Waals surface area contributed by atoms with Gasteiger partial charge in [0.15, 0.2) is 0 Å². The van der Waals surface area contributed by atoms with Crippen LogP contribution in [-0.2, 0) is 9.59 Å². The number of carbonyl (C=O) groups is 2. The van der Waals surface area contributed by atoms with Crippen LogP contribution in [0.25, 0.3) is 0 Å². The molecule has 0 saturated carbocycles. The molecule has 3 unspecified atom stereocenters. The molecule has 0 aromatic rings. The van der Waals surface area contributed by atoms with E-state index in [0.29, 0.717) is 13.0 Å². The van der Waals surface area contributed by atoms with Crippen molar-refractivity contribution in [1.82, 2.24) is 4.90 Å². The van der Waals surface area contributed by atoms with Crippen LogP contribution < -0.4 is 0 Å². The summed E-state index contributed by atoms with van der Waals surface area (Å²) < 4.78 is 0. The van der Waals surface area contributed by atoms with Crippen molar-refractivity contribution in [1.29, 1.82) is 0 Å². The van der Waals surface area contributed by atoms with Crippen molar-refractivity contribution in [2.45, 2.75) is 46.1 Å². The highest BCUT2D eigenvalue weighted by Gasteiger charge is 2.41. The molecule has 0 aromatic carbocycles. The van der Waals surface area contributed by atoms with Gasteiger partial charge in [-0.1, -0.05) is 20.3 Å². The molecule has 4 nitrogen and oxygen atoms in total. The molecule has 3 atom stereocenters. The van der Waals surface area contributed by atoms with Gasteiger partial charge in [-0.2, -0.15) is 0 Å². The molecule has 1 aliphatic rings. The van der Waals surface area contributed by atoms with Crippen LogP contribution in [0, 0.1) is 11.8 Å². The third-order valence-corrected chi connectivity index (χ3v) is 3.48. The predicted octanol–water partition coefficient (Wildman–Crippen LogP) is 1.74. The summed E-state index contributed by atoms with van der Waals surface area (Å²) in [5.41, 5.74) is 0. The highest BCUT2D eigenvalue weighted by Crippen LogP contribution is 2.30. The molecule has 4 heteroatoms. The van der Waals surface area contributed by atoms with Gasteiger partial charge in [-0.25, -0.2) is 0 Å². The number of unbranched alkanes of at least 4 members (excludes halogenated alkanes) is 1. The lowest BCUT2D eigenvalue weighted by molar-refractivity contribution is -0.154. The maximum atomic E-state index is 11.8. The lowest BCUT2D eigenvalue weighted by atomic mass is 9.81. The summed E-state index contributed by atoms with van der Waals surface area (Å²) in [7, 11) is 0. The van der Waals surface area contributed by atoms with Crippen LogP contribution in [-0.4, -0.2) is 34.5 Å². The molecule has 0 aromatic heterocycles. The molecule has 1 N–H and O–H groups in total. The lowest BCUT2D eigenvalue weighted by Gasteiger charge is -2.40. The Morgan fingerprint density at radius 2 is 2.12 bits per heavy atom. The first-order chi connectivity index (χ1) is 7.49. The Hall–Kier alpha value is -1.06. The first kappa shape index (κ1) is 13.0. The Bertz CT molecular complexity index is 277. The zero-order valence-electron chi connectivity index (χ0n) is 10.3. The molecule has 1 aliphatic heterocycles. The molecular formula is C12H21NO3. The fraction of sp³-hybridized carbons (Fsp3) is 0.833. The lowest BCUT2D eigenvalue weighted by Crippen LogP contribution is -2.52. The van der Waals surface area contributed by atoms with Crippen LogP contribution in [0.5, 0.6) is 0 Å². The molecule has 16 heavy (non-hydrogen) atoms. The van der Waals surface area contributed by atoms with Crippen molar-refractivity contribution < 1.29 is 14.7 Å². The Labute approximate surface area is 96.6 Å². The molecule has 1 fully saturated rings. The van der Waals surface area contributed by atoms with Crippen LogP contribution in [0.15, 0.2) is 0 Å². The van der Waals surface area contributed by atoms with E-state index in [1.165, 1.54) is 0 Å². The van der Waals surface area contributed by atoms with E-state index in [-0.39, 0.29) is 17.9 Å². The van der Waals surface area contributed by atoms with Gasteiger partial charge in [0.2, 0.25) is 5.91 Å². The summed E-state index contributed by atoms with van der Waals surface area (Å²) in [5, 5.41) is 9.17. The number of hydrogen-bond donors (Lipinski definition) is 1. The Morgan fingerprint density at radius 1 is 1.50 bits per heavy atom. The summed E-state index contributed by atoms with van der Waals surface area (Å²) in [5.74, 6) is -1.16. The van der Waals surface area contributed by atoms with Crippen molar-refractivity contribution in [3.8, 4) is 0 Å². The monoisotopic (exact) mass is 227 g/mol. The van der Waals surface area contributed by atoms with Crippen LogP contribution in [0.1, 0.15) is 40.0 Å². The fourth-order valence-electron chi connectivity index (χ4n) is 2.52. The van der Waals surface area contributed by atoms with Gasteiger partial charge in [0.05, 0.1) is 5.92 Å². The van der Waals surface area contributed by atoms with Gasteiger partial charge in [-0.15, -0.1) is 0 Å². The van der Waals surface area contributed by atoms with E-state index in [1.54, 1.807) is 4.90 Å². The standard InChI is InChI=1S/C12H21NO3/c1-4-5-6-13-9(3)11(12(15)16)8(2)7-10(13)14/h8-9,11H,4-7H2,1-3H3,(H,15,16). The normalized spacial score (nSPS) is 30.6. The van der Waals surface area contributed by atoms with Gasteiger partial charge >= 0.3 is 5.97 Å². The maximum absolute atomic E-state index is 11.8. The minimum absolute atomic E-state index is 0.0575. The highest BCUT2D eigenvalue weighted by atomic mass is 16.4. The number of rotatable bonds is 4. The average Bonchev–Trinajstić information content (AvgIpc) is 2.16. The molecule has 0 radical (unpaired) electrons. The number of amides is 1. The summed E-state index contributed by atoms with van der Waals surface area (Å²) >= 11 is 0. The summed E-state index contributed by atoms with van der Waals surface area (Å²) in [4.78, 5) is 24.7. The molecule has 1 amide bonds. The molecule has 92 valence electrons. The Kier molecular flexibility index (Phi) is 4.33. The summed E-state index contributed by atoms with van der Waals surface area (Å²) in [6.45, 7) is 6.45. The van der Waals surface area contributed by atoms with Crippen LogP contribution in [0.4, 0.5) is 0 Å². The number of likely N-dealkylation sites (tertiary alicyclic amines) is 1. The largest absolute Gasteiger partial charge is 0.481 e. The number of carbonyl (C=O) groups excluding carboxylic acids is 1. The number of carboxylic acids is 1. The minimum atomic E-state index is -0.783. The number of hydrogen-bond acceptors (Lipinski definition) is 2. The van der Waals surface area contributed by atoms with Gasteiger partial charge in [-0.3, -0.25) is 9.59 Å². The molecule has 1 heterocycles. The van der Waals surface area contributed by atoms with Crippen molar-refractivity contribution in [2.24, 2.45) is 11.8 Å². The second-order valence-corrected chi connectivity index (χ2v) is 4.73. The van der Waals surface area contributed by atoms with Crippen LogP contribution in [0.3, 0.4) is 0 Å². The van der Waals surface area contributed by atoms with Gasteiger partial charge < -0.3 is 10.0 Å². The van der Waals surface area contributed by atoms with Gasteiger partial charge in [0.25, 0.3) is 0 Å². The zero-order chi connectivity index (χ0) is 12.3. The first-order valence-corrected chi connectivity index (χ1v) is 6.01. The number of carboxylic acid groups (broad SMARTS) is 1. The first-order valence-electron chi connectivity index (χ1n) is 6.01. The van der Waals surface area contributed by atoms with E-state index in [4.69, 9.17) is 0 Å². The van der Waals surface area contributed by atoms with Crippen LogP contribution >= 0.6 is 0 Å². The highest BCUT2D eigenvalue weighted by molar-refractivity contribution is 5.81. The van der Waals surface area contributed by atoms with Gasteiger partial charge in [-0.05, 0) is 19.3 Å². The maximum Gasteiger partial charge on any atom is 0.308 e. The molecule has 0 bridgehead atoms. The molecule has 0 aliphatic carbocycles. The average molecular weight is 227 g/mol. The van der Waals surface area contributed by atoms with Crippen molar-refractivity contribution in [3.63, 3.8) is 0 Å². The molecule has 1 rings (SSSR count). The summed E-state index contributed by atoms with van der Waals surface area (Å²) in [6, 6.07) is -0.180. The third-order valence-electron chi connectivity index (χ3n) is 3.48. The predicted molar refractivity (Wildman–Crippen MR) is 61.0 cm³/mol. The number of nitrogens with zero attached hydrogens (tertiary/aromatic N) is 1. The van der Waals surface area contributed by atoms with E-state index in [9.17, 15) is 14.7 Å². The number of piperidine rings is 1. The number of aliphatic carboxylic acids is 1. The van der Waals surface area contributed by atoms with E-state index < -0.39 is 11.9 Å². The van der Waals surface area contributed by atoms with E-state index in [0.717, 1.165) is 12.8 Å². The quantitative estimate of drug-likeness (QED) is 0.796. The van der Waals surface area contributed by atoms with Gasteiger partial charge in [0.1, 0.15) is 0 Å². The smallest absolute Gasteiger partial charge is 0.308 e. The van der Waals surface area contributed by atoms with E-state index in [1.807, 2.05) is 13.8 Å². The Morgan fingerprint density at radius 3 is 2.62 bits per heavy atom. The third kappa shape index (κ3) is 2.54. The fourth-order valence-corrected chi connectivity index (χ4v) is 2.52.